The van der Waals surface area contributed by atoms with E-state index in [9.17, 15) is 4.79 Å². The Hall–Kier alpha value is -1.84. The molecule has 1 unspecified atom stereocenters. The normalized spacial score (nSPS) is 15.9. The average Bonchev–Trinajstić information content (AvgIpc) is 3.09. The Morgan fingerprint density at radius 3 is 2.64 bits per heavy atom. The summed E-state index contributed by atoms with van der Waals surface area (Å²) in [6.45, 7) is 4.81. The summed E-state index contributed by atoms with van der Waals surface area (Å²) in [5.74, 6) is 0.0665. The van der Waals surface area contributed by atoms with Crippen LogP contribution in [0.5, 0.6) is 0 Å². The molecule has 1 heterocycles. The molecule has 4 heteroatoms. The van der Waals surface area contributed by atoms with Crippen LogP contribution in [-0.2, 0) is 11.2 Å². The van der Waals surface area contributed by atoms with Crippen molar-refractivity contribution in [2.24, 2.45) is 0 Å². The number of halogens is 1. The number of amides is 1. The van der Waals surface area contributed by atoms with Crippen molar-refractivity contribution in [2.45, 2.75) is 32.2 Å². The van der Waals surface area contributed by atoms with Crippen molar-refractivity contribution in [3.63, 3.8) is 0 Å². The molecule has 0 aromatic heterocycles. The van der Waals surface area contributed by atoms with Gasteiger partial charge in [0.15, 0.2) is 0 Å². The van der Waals surface area contributed by atoms with Crippen molar-refractivity contribution in [1.29, 1.82) is 0 Å². The van der Waals surface area contributed by atoms with Crippen LogP contribution in [0.3, 0.4) is 0 Å². The van der Waals surface area contributed by atoms with Gasteiger partial charge in [-0.1, -0.05) is 53.6 Å². The highest BCUT2D eigenvalue weighted by molar-refractivity contribution is 6.30. The Morgan fingerprint density at radius 2 is 1.92 bits per heavy atom. The van der Waals surface area contributed by atoms with Gasteiger partial charge in [-0.05, 0) is 56.1 Å². The minimum absolute atomic E-state index is 0.0665. The molecule has 25 heavy (non-hydrogen) atoms. The Balaban J connectivity index is 1.65. The summed E-state index contributed by atoms with van der Waals surface area (Å²) >= 11 is 6.17. The molecule has 1 amide bonds. The third kappa shape index (κ3) is 5.07. The molecule has 3 rings (SSSR count). The monoisotopic (exact) mass is 356 g/mol. The van der Waals surface area contributed by atoms with Crippen molar-refractivity contribution >= 4 is 17.5 Å². The molecule has 2 aromatic carbocycles. The fourth-order valence-electron chi connectivity index (χ4n) is 3.51. The highest BCUT2D eigenvalue weighted by Gasteiger charge is 2.24. The number of rotatable bonds is 6. The maximum absolute atomic E-state index is 12.4. The summed E-state index contributed by atoms with van der Waals surface area (Å²) in [7, 11) is 0. The molecule has 1 N–H and O–H groups in total. The van der Waals surface area contributed by atoms with Gasteiger partial charge in [-0.2, -0.15) is 0 Å². The molecule has 3 nitrogen and oxygen atoms in total. The molecule has 1 aliphatic heterocycles. The minimum Gasteiger partial charge on any atom is -0.354 e. The van der Waals surface area contributed by atoms with Gasteiger partial charge in [-0.25, -0.2) is 0 Å². The van der Waals surface area contributed by atoms with Gasteiger partial charge in [0, 0.05) is 11.6 Å². The lowest BCUT2D eigenvalue weighted by atomic mass is 10.0. The van der Waals surface area contributed by atoms with E-state index in [0.717, 1.165) is 23.7 Å². The summed E-state index contributed by atoms with van der Waals surface area (Å²) < 4.78 is 0. The second kappa shape index (κ2) is 8.50. The van der Waals surface area contributed by atoms with E-state index in [-0.39, 0.29) is 11.9 Å². The Kier molecular flexibility index (Phi) is 6.11. The summed E-state index contributed by atoms with van der Waals surface area (Å²) in [4.78, 5) is 14.8. The van der Waals surface area contributed by atoms with Crippen LogP contribution in [0.25, 0.3) is 0 Å². The van der Waals surface area contributed by atoms with Gasteiger partial charge in [-0.3, -0.25) is 9.69 Å². The molecule has 2 aromatic rings. The van der Waals surface area contributed by atoms with E-state index in [1.807, 2.05) is 43.3 Å². The summed E-state index contributed by atoms with van der Waals surface area (Å²) in [5.41, 5.74) is 3.41. The SMILES string of the molecule is Cc1cccc(CC(=O)NCC(c2cccc(Cl)c2)N2CCCC2)c1. The Labute approximate surface area is 155 Å². The first kappa shape index (κ1) is 18.0. The van der Waals surface area contributed by atoms with Crippen LogP contribution < -0.4 is 5.32 Å². The van der Waals surface area contributed by atoms with Crippen molar-refractivity contribution in [3.8, 4) is 0 Å². The molecule has 0 saturated carbocycles. The largest absolute Gasteiger partial charge is 0.354 e. The number of carbonyl (C=O) groups excluding carboxylic acids is 1. The van der Waals surface area contributed by atoms with E-state index in [1.165, 1.54) is 24.0 Å². The minimum atomic E-state index is 0.0665. The lowest BCUT2D eigenvalue weighted by Gasteiger charge is -2.28. The molecule has 0 spiro atoms. The van der Waals surface area contributed by atoms with Crippen LogP contribution in [0, 0.1) is 6.92 Å². The van der Waals surface area contributed by atoms with Crippen LogP contribution in [0.1, 0.15) is 35.6 Å². The fraction of sp³-hybridized carbons (Fsp3) is 0.381. The van der Waals surface area contributed by atoms with E-state index < -0.39 is 0 Å². The fourth-order valence-corrected chi connectivity index (χ4v) is 3.70. The number of nitrogens with zero attached hydrogens (tertiary/aromatic N) is 1. The molecule has 0 aliphatic carbocycles. The topological polar surface area (TPSA) is 32.3 Å². The van der Waals surface area contributed by atoms with Crippen molar-refractivity contribution in [1.82, 2.24) is 10.2 Å². The predicted octanol–water partition coefficient (Wildman–Crippen LogP) is 4.14. The zero-order chi connectivity index (χ0) is 17.6. The molecule has 132 valence electrons. The molecular formula is C21H25ClN2O. The predicted molar refractivity (Wildman–Crippen MR) is 103 cm³/mol. The first-order valence-corrected chi connectivity index (χ1v) is 9.31. The van der Waals surface area contributed by atoms with Crippen LogP contribution >= 0.6 is 11.6 Å². The smallest absolute Gasteiger partial charge is 0.224 e. The third-order valence-corrected chi connectivity index (χ3v) is 4.99. The summed E-state index contributed by atoms with van der Waals surface area (Å²) in [5, 5.41) is 3.87. The number of hydrogen-bond donors (Lipinski definition) is 1. The second-order valence-electron chi connectivity index (χ2n) is 6.78. The molecule has 1 atom stereocenters. The van der Waals surface area contributed by atoms with Crippen LogP contribution in [0.4, 0.5) is 0 Å². The number of likely N-dealkylation sites (tertiary alicyclic amines) is 1. The Morgan fingerprint density at radius 1 is 1.16 bits per heavy atom. The molecular weight excluding hydrogens is 332 g/mol. The first-order valence-electron chi connectivity index (χ1n) is 8.93. The standard InChI is InChI=1S/C21H25ClN2O/c1-16-6-4-7-17(12-16)13-21(25)23-15-20(24-10-2-3-11-24)18-8-5-9-19(22)14-18/h4-9,12,14,20H,2-3,10-11,13,15H2,1H3,(H,23,25). The van der Waals surface area contributed by atoms with E-state index in [2.05, 4.69) is 22.3 Å². The zero-order valence-electron chi connectivity index (χ0n) is 14.7. The van der Waals surface area contributed by atoms with E-state index in [1.54, 1.807) is 0 Å². The summed E-state index contributed by atoms with van der Waals surface area (Å²) in [6.07, 6.45) is 2.85. The third-order valence-electron chi connectivity index (χ3n) is 4.75. The number of nitrogens with one attached hydrogen (secondary N) is 1. The van der Waals surface area contributed by atoms with Gasteiger partial charge in [0.05, 0.1) is 12.5 Å². The van der Waals surface area contributed by atoms with Gasteiger partial charge < -0.3 is 5.32 Å². The molecule has 0 bridgehead atoms. The number of aryl methyl sites for hydroxylation is 1. The lowest BCUT2D eigenvalue weighted by Crippen LogP contribution is -2.37. The lowest BCUT2D eigenvalue weighted by molar-refractivity contribution is -0.120. The van der Waals surface area contributed by atoms with Crippen LogP contribution in [-0.4, -0.2) is 30.4 Å². The zero-order valence-corrected chi connectivity index (χ0v) is 15.4. The highest BCUT2D eigenvalue weighted by Crippen LogP contribution is 2.26. The molecule has 1 fully saturated rings. The Bertz CT molecular complexity index is 725. The van der Waals surface area contributed by atoms with Crippen molar-refractivity contribution < 1.29 is 4.79 Å². The van der Waals surface area contributed by atoms with E-state index >= 15 is 0 Å². The number of benzene rings is 2. The quantitative estimate of drug-likeness (QED) is 0.843. The number of hydrogen-bond acceptors (Lipinski definition) is 2. The number of carbonyl (C=O) groups is 1. The van der Waals surface area contributed by atoms with E-state index in [0.29, 0.717) is 13.0 Å². The molecule has 0 radical (unpaired) electrons. The average molecular weight is 357 g/mol. The van der Waals surface area contributed by atoms with Gasteiger partial charge in [0.2, 0.25) is 5.91 Å². The van der Waals surface area contributed by atoms with Gasteiger partial charge >= 0.3 is 0 Å². The highest BCUT2D eigenvalue weighted by atomic mass is 35.5. The molecule has 1 aliphatic rings. The second-order valence-corrected chi connectivity index (χ2v) is 7.22. The molecule has 1 saturated heterocycles. The van der Waals surface area contributed by atoms with Gasteiger partial charge in [0.25, 0.3) is 0 Å². The van der Waals surface area contributed by atoms with E-state index in [4.69, 9.17) is 11.6 Å². The van der Waals surface area contributed by atoms with Crippen molar-refractivity contribution in [3.05, 3.63) is 70.2 Å². The maximum atomic E-state index is 12.4. The van der Waals surface area contributed by atoms with Crippen LogP contribution in [0.15, 0.2) is 48.5 Å². The van der Waals surface area contributed by atoms with Gasteiger partial charge in [0.1, 0.15) is 0 Å². The summed E-state index contributed by atoms with van der Waals surface area (Å²) in [6, 6.07) is 16.3. The van der Waals surface area contributed by atoms with Crippen molar-refractivity contribution in [2.75, 3.05) is 19.6 Å². The van der Waals surface area contributed by atoms with Gasteiger partial charge in [-0.15, -0.1) is 0 Å². The maximum Gasteiger partial charge on any atom is 0.224 e. The first-order chi connectivity index (χ1) is 12.1. The van der Waals surface area contributed by atoms with Crippen LogP contribution in [0.2, 0.25) is 5.02 Å².